The fourth-order valence-corrected chi connectivity index (χ4v) is 2.58. The van der Waals surface area contributed by atoms with Gasteiger partial charge in [-0.05, 0) is 45.2 Å². The highest BCUT2D eigenvalue weighted by molar-refractivity contribution is 6.30. The summed E-state index contributed by atoms with van der Waals surface area (Å²) in [6.07, 6.45) is 0. The first kappa shape index (κ1) is 14.6. The number of piperazine rings is 1. The highest BCUT2D eigenvalue weighted by Gasteiger charge is 2.23. The van der Waals surface area contributed by atoms with Crippen molar-refractivity contribution in [3.8, 4) is 0 Å². The van der Waals surface area contributed by atoms with Gasteiger partial charge in [0.1, 0.15) is 0 Å². The summed E-state index contributed by atoms with van der Waals surface area (Å²) in [7, 11) is 2.03. The van der Waals surface area contributed by atoms with Gasteiger partial charge in [0, 0.05) is 49.0 Å². The third kappa shape index (κ3) is 4.10. The van der Waals surface area contributed by atoms with Crippen LogP contribution in [0.3, 0.4) is 0 Å². The summed E-state index contributed by atoms with van der Waals surface area (Å²) in [5.41, 5.74) is 1.46. The van der Waals surface area contributed by atoms with E-state index >= 15 is 0 Å². The molecule has 0 spiro atoms. The van der Waals surface area contributed by atoms with Crippen molar-refractivity contribution in [2.45, 2.75) is 19.4 Å². The number of likely N-dealkylation sites (N-methyl/N-ethyl adjacent to an activating group) is 1. The van der Waals surface area contributed by atoms with E-state index in [1.807, 2.05) is 19.2 Å². The van der Waals surface area contributed by atoms with Crippen LogP contribution in [0.5, 0.6) is 0 Å². The van der Waals surface area contributed by atoms with E-state index in [9.17, 15) is 0 Å². The third-order valence-electron chi connectivity index (χ3n) is 3.86. The fraction of sp³-hybridized carbons (Fsp3) is 0.600. The minimum absolute atomic E-state index is 0.183. The Hall–Kier alpha value is -0.770. The summed E-state index contributed by atoms with van der Waals surface area (Å²) in [6.45, 7) is 10.00. The van der Waals surface area contributed by atoms with Crippen LogP contribution in [0, 0.1) is 0 Å². The van der Waals surface area contributed by atoms with Crippen molar-refractivity contribution in [3.63, 3.8) is 0 Å². The van der Waals surface area contributed by atoms with E-state index in [0.717, 1.165) is 37.7 Å². The van der Waals surface area contributed by atoms with Crippen LogP contribution in [-0.2, 0) is 0 Å². The van der Waals surface area contributed by atoms with Gasteiger partial charge in [-0.15, -0.1) is 0 Å². The van der Waals surface area contributed by atoms with E-state index in [-0.39, 0.29) is 5.54 Å². The SMILES string of the molecule is CNC(C)(C)CN1CCN(c2ccc(Cl)cc2)CC1. The van der Waals surface area contributed by atoms with Gasteiger partial charge in [0.15, 0.2) is 0 Å². The average Bonchev–Trinajstić information content (AvgIpc) is 2.40. The molecule has 19 heavy (non-hydrogen) atoms. The van der Waals surface area contributed by atoms with Gasteiger partial charge in [-0.1, -0.05) is 11.6 Å². The van der Waals surface area contributed by atoms with Crippen molar-refractivity contribution in [1.29, 1.82) is 0 Å². The Morgan fingerprint density at radius 3 is 2.21 bits per heavy atom. The Bertz CT molecular complexity index is 394. The molecule has 1 saturated heterocycles. The molecule has 1 aromatic carbocycles. The largest absolute Gasteiger partial charge is 0.369 e. The summed E-state index contributed by atoms with van der Waals surface area (Å²) < 4.78 is 0. The molecule has 1 aliphatic rings. The molecule has 0 saturated carbocycles. The molecule has 0 amide bonds. The van der Waals surface area contributed by atoms with Crippen LogP contribution in [0.25, 0.3) is 0 Å². The Labute approximate surface area is 121 Å². The second kappa shape index (κ2) is 6.12. The number of halogens is 1. The molecule has 1 aliphatic heterocycles. The molecule has 106 valence electrons. The third-order valence-corrected chi connectivity index (χ3v) is 4.11. The van der Waals surface area contributed by atoms with Crippen LogP contribution < -0.4 is 10.2 Å². The number of hydrogen-bond donors (Lipinski definition) is 1. The van der Waals surface area contributed by atoms with Gasteiger partial charge in [0.25, 0.3) is 0 Å². The van der Waals surface area contributed by atoms with Crippen molar-refractivity contribution >= 4 is 17.3 Å². The Kier molecular flexibility index (Phi) is 4.71. The van der Waals surface area contributed by atoms with Gasteiger partial charge in [0.2, 0.25) is 0 Å². The lowest BCUT2D eigenvalue weighted by molar-refractivity contribution is 0.197. The zero-order valence-corrected chi connectivity index (χ0v) is 12.9. The smallest absolute Gasteiger partial charge is 0.0407 e. The molecule has 4 heteroatoms. The van der Waals surface area contributed by atoms with Gasteiger partial charge in [-0.2, -0.15) is 0 Å². The summed E-state index contributed by atoms with van der Waals surface area (Å²) in [4.78, 5) is 4.96. The normalized spacial score (nSPS) is 17.8. The monoisotopic (exact) mass is 281 g/mol. The quantitative estimate of drug-likeness (QED) is 0.915. The zero-order valence-electron chi connectivity index (χ0n) is 12.1. The second-order valence-electron chi connectivity index (χ2n) is 5.87. The molecule has 0 unspecified atom stereocenters. The molecule has 1 aromatic rings. The number of hydrogen-bond acceptors (Lipinski definition) is 3. The average molecular weight is 282 g/mol. The standard InChI is InChI=1S/C15H24ClN3/c1-15(2,17-3)12-18-8-10-19(11-9-18)14-6-4-13(16)5-7-14/h4-7,17H,8-12H2,1-3H3. The summed E-state index contributed by atoms with van der Waals surface area (Å²) >= 11 is 5.93. The van der Waals surface area contributed by atoms with Crippen LogP contribution >= 0.6 is 11.6 Å². The van der Waals surface area contributed by atoms with Crippen molar-refractivity contribution in [3.05, 3.63) is 29.3 Å². The highest BCUT2D eigenvalue weighted by atomic mass is 35.5. The maximum absolute atomic E-state index is 5.93. The van der Waals surface area contributed by atoms with E-state index in [0.29, 0.717) is 0 Å². The molecule has 2 rings (SSSR count). The van der Waals surface area contributed by atoms with Gasteiger partial charge >= 0.3 is 0 Å². The van der Waals surface area contributed by atoms with Crippen molar-refractivity contribution in [2.75, 3.05) is 44.7 Å². The number of nitrogens with one attached hydrogen (secondary N) is 1. The molecule has 0 atom stereocenters. The van der Waals surface area contributed by atoms with E-state index in [1.54, 1.807) is 0 Å². The Balaban J connectivity index is 1.87. The predicted octanol–water partition coefficient (Wildman–Crippen LogP) is 2.46. The number of nitrogens with zero attached hydrogens (tertiary/aromatic N) is 2. The summed E-state index contributed by atoms with van der Waals surface area (Å²) in [5, 5.41) is 4.17. The summed E-state index contributed by atoms with van der Waals surface area (Å²) in [6, 6.07) is 8.14. The topological polar surface area (TPSA) is 18.5 Å². The lowest BCUT2D eigenvalue weighted by Gasteiger charge is -2.39. The molecule has 0 radical (unpaired) electrons. The van der Waals surface area contributed by atoms with Crippen LogP contribution in [0.15, 0.2) is 24.3 Å². The van der Waals surface area contributed by atoms with Gasteiger partial charge < -0.3 is 10.2 Å². The minimum Gasteiger partial charge on any atom is -0.369 e. The minimum atomic E-state index is 0.183. The van der Waals surface area contributed by atoms with E-state index in [2.05, 4.69) is 41.1 Å². The van der Waals surface area contributed by atoms with Crippen LogP contribution in [0.2, 0.25) is 5.02 Å². The first-order chi connectivity index (χ1) is 9.00. The lowest BCUT2D eigenvalue weighted by Crippen LogP contribution is -2.53. The van der Waals surface area contributed by atoms with Crippen LogP contribution in [-0.4, -0.2) is 50.2 Å². The van der Waals surface area contributed by atoms with Gasteiger partial charge in [-0.25, -0.2) is 0 Å². The molecule has 1 heterocycles. The predicted molar refractivity (Wildman–Crippen MR) is 83.2 cm³/mol. The van der Waals surface area contributed by atoms with Crippen molar-refractivity contribution in [1.82, 2.24) is 10.2 Å². The maximum Gasteiger partial charge on any atom is 0.0407 e. The number of anilines is 1. The van der Waals surface area contributed by atoms with Gasteiger partial charge in [0.05, 0.1) is 0 Å². The second-order valence-corrected chi connectivity index (χ2v) is 6.31. The molecule has 0 aliphatic carbocycles. The van der Waals surface area contributed by atoms with Crippen molar-refractivity contribution < 1.29 is 0 Å². The first-order valence-corrected chi connectivity index (χ1v) is 7.30. The fourth-order valence-electron chi connectivity index (χ4n) is 2.45. The Morgan fingerprint density at radius 2 is 1.68 bits per heavy atom. The van der Waals surface area contributed by atoms with Crippen LogP contribution in [0.4, 0.5) is 5.69 Å². The molecule has 3 nitrogen and oxygen atoms in total. The van der Waals surface area contributed by atoms with E-state index < -0.39 is 0 Å². The van der Waals surface area contributed by atoms with Gasteiger partial charge in [-0.3, -0.25) is 4.90 Å². The van der Waals surface area contributed by atoms with E-state index in [1.165, 1.54) is 5.69 Å². The summed E-state index contributed by atoms with van der Waals surface area (Å²) in [5.74, 6) is 0. The molecule has 0 bridgehead atoms. The number of benzene rings is 1. The van der Waals surface area contributed by atoms with Crippen LogP contribution in [0.1, 0.15) is 13.8 Å². The zero-order chi connectivity index (χ0) is 13.9. The molecular formula is C15H24ClN3. The Morgan fingerprint density at radius 1 is 1.11 bits per heavy atom. The lowest BCUT2D eigenvalue weighted by atomic mass is 10.0. The number of rotatable bonds is 4. The molecular weight excluding hydrogens is 258 g/mol. The molecule has 1 N–H and O–H groups in total. The molecule has 0 aromatic heterocycles. The van der Waals surface area contributed by atoms with E-state index in [4.69, 9.17) is 11.6 Å². The first-order valence-electron chi connectivity index (χ1n) is 6.92. The molecule has 1 fully saturated rings. The maximum atomic E-state index is 5.93. The highest BCUT2D eigenvalue weighted by Crippen LogP contribution is 2.19. The van der Waals surface area contributed by atoms with Crippen molar-refractivity contribution in [2.24, 2.45) is 0 Å².